The van der Waals surface area contributed by atoms with Crippen molar-refractivity contribution < 1.29 is 28.3 Å². The van der Waals surface area contributed by atoms with E-state index in [9.17, 15) is 28.3 Å². The van der Waals surface area contributed by atoms with E-state index >= 15 is 0 Å². The second-order valence-electron chi connectivity index (χ2n) is 10.5. The van der Waals surface area contributed by atoms with E-state index in [-0.39, 0.29) is 41.1 Å². The van der Waals surface area contributed by atoms with Gasteiger partial charge in [-0.1, -0.05) is 27.7 Å². The van der Waals surface area contributed by atoms with Gasteiger partial charge in [-0.15, -0.1) is 0 Å². The molecule has 0 aliphatic heterocycles. The Kier molecular flexibility index (Phi) is 13.2. The standard InChI is InChI=1S/C30H42F2N4O4/c1-5-9-36(10-6-2)30(40)23-15-21(28(33)38)14-22(16-23)29(39)35-26(27(37)18-34-8-7-19(3)4)13-20-11-24(31)17-25(32)12-20/h11-12,14-17,19,26-27,34,37H,5-10,13,18H2,1-4H3,(H2,33,38)(H,35,39)/t26-,27+/m0/s1. The van der Waals surface area contributed by atoms with Crippen molar-refractivity contribution in [2.45, 2.75) is 65.5 Å². The molecule has 2 atom stereocenters. The number of nitrogens with two attached hydrogens (primary N) is 1. The Morgan fingerprint density at radius 3 is 2.05 bits per heavy atom. The van der Waals surface area contributed by atoms with Gasteiger partial charge in [0, 0.05) is 42.4 Å². The summed E-state index contributed by atoms with van der Waals surface area (Å²) in [6.07, 6.45) is 1.19. The molecular weight excluding hydrogens is 518 g/mol. The van der Waals surface area contributed by atoms with Gasteiger partial charge in [0.2, 0.25) is 5.91 Å². The van der Waals surface area contributed by atoms with Crippen molar-refractivity contribution in [2.75, 3.05) is 26.2 Å². The summed E-state index contributed by atoms with van der Waals surface area (Å²) in [5.41, 5.74) is 5.88. The molecule has 0 aliphatic carbocycles. The number of halogens is 2. The van der Waals surface area contributed by atoms with Gasteiger partial charge < -0.3 is 26.4 Å². The average Bonchev–Trinajstić information content (AvgIpc) is 2.89. The Labute approximate surface area is 235 Å². The van der Waals surface area contributed by atoms with Crippen LogP contribution in [0.4, 0.5) is 8.78 Å². The maximum Gasteiger partial charge on any atom is 0.253 e. The van der Waals surface area contributed by atoms with Crippen LogP contribution in [0.1, 0.15) is 83.6 Å². The quantitative estimate of drug-likeness (QED) is 0.233. The van der Waals surface area contributed by atoms with Crippen LogP contribution in [0.25, 0.3) is 0 Å². The van der Waals surface area contributed by atoms with Crippen LogP contribution in [-0.2, 0) is 6.42 Å². The van der Waals surface area contributed by atoms with Crippen LogP contribution >= 0.6 is 0 Å². The molecule has 0 bridgehead atoms. The van der Waals surface area contributed by atoms with Crippen molar-refractivity contribution in [3.05, 3.63) is 70.3 Å². The van der Waals surface area contributed by atoms with Crippen LogP contribution in [0.2, 0.25) is 0 Å². The molecule has 8 nitrogen and oxygen atoms in total. The molecule has 3 amide bonds. The molecule has 2 aromatic carbocycles. The summed E-state index contributed by atoms with van der Waals surface area (Å²) in [4.78, 5) is 40.3. The third kappa shape index (κ3) is 10.3. The first-order valence-corrected chi connectivity index (χ1v) is 13.8. The molecule has 0 saturated heterocycles. The molecule has 2 rings (SSSR count). The Bertz CT molecular complexity index is 1130. The first-order valence-electron chi connectivity index (χ1n) is 13.8. The maximum atomic E-state index is 13.9. The molecule has 220 valence electrons. The lowest BCUT2D eigenvalue weighted by Gasteiger charge is -2.25. The number of hydrogen-bond donors (Lipinski definition) is 4. The number of hydrogen-bond acceptors (Lipinski definition) is 5. The van der Waals surface area contributed by atoms with Crippen molar-refractivity contribution in [1.29, 1.82) is 0 Å². The van der Waals surface area contributed by atoms with Crippen LogP contribution in [0.15, 0.2) is 36.4 Å². The highest BCUT2D eigenvalue weighted by atomic mass is 19.1. The predicted molar refractivity (Wildman–Crippen MR) is 151 cm³/mol. The summed E-state index contributed by atoms with van der Waals surface area (Å²) >= 11 is 0. The molecule has 0 heterocycles. The predicted octanol–water partition coefficient (Wildman–Crippen LogP) is 3.66. The molecule has 5 N–H and O–H groups in total. The van der Waals surface area contributed by atoms with E-state index in [0.29, 0.717) is 25.6 Å². The highest BCUT2D eigenvalue weighted by Crippen LogP contribution is 2.16. The molecule has 10 heteroatoms. The van der Waals surface area contributed by atoms with E-state index in [1.54, 1.807) is 4.90 Å². The third-order valence-corrected chi connectivity index (χ3v) is 6.41. The fourth-order valence-corrected chi connectivity index (χ4v) is 4.36. The summed E-state index contributed by atoms with van der Waals surface area (Å²) in [5, 5.41) is 16.8. The van der Waals surface area contributed by atoms with Gasteiger partial charge in [-0.3, -0.25) is 14.4 Å². The highest BCUT2D eigenvalue weighted by Gasteiger charge is 2.25. The highest BCUT2D eigenvalue weighted by molar-refractivity contribution is 6.04. The lowest BCUT2D eigenvalue weighted by molar-refractivity contribution is 0.0755. The molecule has 0 unspecified atom stereocenters. The van der Waals surface area contributed by atoms with E-state index in [4.69, 9.17) is 5.73 Å². The largest absolute Gasteiger partial charge is 0.390 e. The number of rotatable bonds is 16. The Morgan fingerprint density at radius 1 is 0.925 bits per heavy atom. The molecule has 0 aliphatic rings. The number of nitrogens with zero attached hydrogens (tertiary/aromatic N) is 1. The third-order valence-electron chi connectivity index (χ3n) is 6.41. The lowest BCUT2D eigenvalue weighted by Crippen LogP contribution is -2.49. The monoisotopic (exact) mass is 560 g/mol. The number of aliphatic hydroxyl groups excluding tert-OH is 1. The summed E-state index contributed by atoms with van der Waals surface area (Å²) in [7, 11) is 0. The van der Waals surface area contributed by atoms with Gasteiger partial charge in [-0.25, -0.2) is 8.78 Å². The first-order chi connectivity index (χ1) is 18.9. The van der Waals surface area contributed by atoms with Gasteiger partial charge in [0.05, 0.1) is 12.1 Å². The molecular formula is C30H42F2N4O4. The number of benzene rings is 2. The number of carbonyl (C=O) groups excluding carboxylic acids is 3. The van der Waals surface area contributed by atoms with E-state index in [2.05, 4.69) is 24.5 Å². The van der Waals surface area contributed by atoms with Gasteiger partial charge in [-0.05, 0) is 74.0 Å². The number of primary amides is 1. The van der Waals surface area contributed by atoms with Crippen molar-refractivity contribution in [1.82, 2.24) is 15.5 Å². The van der Waals surface area contributed by atoms with Crippen molar-refractivity contribution in [3.8, 4) is 0 Å². The topological polar surface area (TPSA) is 125 Å². The van der Waals surface area contributed by atoms with Gasteiger partial charge in [0.15, 0.2) is 0 Å². The molecule has 2 aromatic rings. The van der Waals surface area contributed by atoms with Crippen LogP contribution in [0, 0.1) is 17.6 Å². The van der Waals surface area contributed by atoms with E-state index in [1.807, 2.05) is 13.8 Å². The maximum absolute atomic E-state index is 13.9. The molecule has 40 heavy (non-hydrogen) atoms. The van der Waals surface area contributed by atoms with Crippen LogP contribution in [-0.4, -0.2) is 66.1 Å². The van der Waals surface area contributed by atoms with Crippen LogP contribution in [0.5, 0.6) is 0 Å². The minimum atomic E-state index is -1.10. The summed E-state index contributed by atoms with van der Waals surface area (Å²) < 4.78 is 27.7. The Hall–Kier alpha value is -3.37. The number of amides is 3. The zero-order valence-corrected chi connectivity index (χ0v) is 23.8. The minimum absolute atomic E-state index is 0.00277. The number of nitrogens with one attached hydrogen (secondary N) is 2. The minimum Gasteiger partial charge on any atom is -0.390 e. The molecule has 0 saturated carbocycles. The zero-order valence-electron chi connectivity index (χ0n) is 23.8. The van der Waals surface area contributed by atoms with Gasteiger partial charge in [0.25, 0.3) is 11.8 Å². The average molecular weight is 561 g/mol. The molecule has 0 radical (unpaired) electrons. The molecule has 0 aromatic heterocycles. The molecule has 0 spiro atoms. The fraction of sp³-hybridized carbons (Fsp3) is 0.500. The number of carbonyl (C=O) groups is 3. The van der Waals surface area contributed by atoms with Gasteiger partial charge in [0.1, 0.15) is 11.6 Å². The SMILES string of the molecule is CCCN(CCC)C(=O)c1cc(C(N)=O)cc(C(=O)N[C@@H](Cc2cc(F)cc(F)c2)[C@H](O)CNCCC(C)C)c1. The first kappa shape index (κ1) is 32.8. The number of aliphatic hydroxyl groups is 1. The van der Waals surface area contributed by atoms with Crippen molar-refractivity contribution in [3.63, 3.8) is 0 Å². The summed E-state index contributed by atoms with van der Waals surface area (Å²) in [6, 6.07) is 6.12. The van der Waals surface area contributed by atoms with Gasteiger partial charge >= 0.3 is 0 Å². The van der Waals surface area contributed by atoms with E-state index in [0.717, 1.165) is 37.5 Å². The fourth-order valence-electron chi connectivity index (χ4n) is 4.36. The molecule has 0 fully saturated rings. The van der Waals surface area contributed by atoms with Crippen LogP contribution < -0.4 is 16.4 Å². The second-order valence-corrected chi connectivity index (χ2v) is 10.5. The summed E-state index contributed by atoms with van der Waals surface area (Å²) in [6.45, 7) is 9.83. The second kappa shape index (κ2) is 16.0. The van der Waals surface area contributed by atoms with E-state index in [1.165, 1.54) is 18.2 Å². The zero-order chi connectivity index (χ0) is 29.8. The summed E-state index contributed by atoms with van der Waals surface area (Å²) in [5.74, 6) is -2.89. The van der Waals surface area contributed by atoms with Gasteiger partial charge in [-0.2, -0.15) is 0 Å². The Morgan fingerprint density at radius 2 is 1.50 bits per heavy atom. The van der Waals surface area contributed by atoms with Crippen LogP contribution in [0.3, 0.4) is 0 Å². The lowest BCUT2D eigenvalue weighted by atomic mass is 9.99. The normalized spacial score (nSPS) is 12.7. The Balaban J connectivity index is 2.37. The van der Waals surface area contributed by atoms with Crippen molar-refractivity contribution >= 4 is 17.7 Å². The van der Waals surface area contributed by atoms with E-state index < -0.39 is 35.6 Å². The van der Waals surface area contributed by atoms with Crippen molar-refractivity contribution in [2.24, 2.45) is 11.7 Å². The smallest absolute Gasteiger partial charge is 0.253 e.